The van der Waals surface area contributed by atoms with Gasteiger partial charge in [0.25, 0.3) is 0 Å². The van der Waals surface area contributed by atoms with Gasteiger partial charge >= 0.3 is 0 Å². The molecule has 0 spiro atoms. The number of ether oxygens (including phenoxy) is 1. The molecule has 0 N–H and O–H groups in total. The van der Waals surface area contributed by atoms with Crippen molar-refractivity contribution in [1.82, 2.24) is 0 Å². The van der Waals surface area contributed by atoms with Gasteiger partial charge in [0.1, 0.15) is 5.75 Å². The molecule has 0 amide bonds. The Morgan fingerprint density at radius 1 is 1.14 bits per heavy atom. The topological polar surface area (TPSA) is 9.23 Å². The summed E-state index contributed by atoms with van der Waals surface area (Å²) in [4.78, 5) is 0. The first-order chi connectivity index (χ1) is 6.84. The molecule has 14 heavy (non-hydrogen) atoms. The maximum Gasteiger partial charge on any atom is 0.132 e. The zero-order valence-corrected chi connectivity index (χ0v) is 10.0. The highest BCUT2D eigenvalue weighted by Gasteiger charge is 1.98. The van der Waals surface area contributed by atoms with E-state index in [4.69, 9.17) is 4.74 Å². The standard InChI is InChI=1S/C12H20OS/c1-3-4-5-6-7-8-13-12-10-14-9-11(12)2/h9-10H,3-8H2,1-2H3. The molecule has 1 heterocycles. The molecule has 1 rings (SSSR count). The van der Waals surface area contributed by atoms with Crippen LogP contribution in [0.3, 0.4) is 0 Å². The molecule has 1 nitrogen and oxygen atoms in total. The molecule has 0 saturated carbocycles. The van der Waals surface area contributed by atoms with E-state index in [9.17, 15) is 0 Å². The predicted molar refractivity (Wildman–Crippen MR) is 63.3 cm³/mol. The Hall–Kier alpha value is -0.500. The molecule has 1 aromatic rings. The third kappa shape index (κ3) is 4.14. The summed E-state index contributed by atoms with van der Waals surface area (Å²) in [6.07, 6.45) is 6.51. The maximum absolute atomic E-state index is 5.67. The van der Waals surface area contributed by atoms with Crippen LogP contribution in [0.1, 0.15) is 44.6 Å². The number of thiophene rings is 1. The van der Waals surface area contributed by atoms with Crippen LogP contribution in [0.5, 0.6) is 5.75 Å². The smallest absolute Gasteiger partial charge is 0.132 e. The second-order valence-corrected chi connectivity index (χ2v) is 4.43. The van der Waals surface area contributed by atoms with Gasteiger partial charge in [0, 0.05) is 10.9 Å². The first-order valence-corrected chi connectivity index (χ1v) is 6.44. The summed E-state index contributed by atoms with van der Waals surface area (Å²) in [5.41, 5.74) is 1.27. The molecule has 0 aliphatic carbocycles. The molecule has 0 atom stereocenters. The molecule has 0 unspecified atom stereocenters. The average molecular weight is 212 g/mol. The number of hydrogen-bond donors (Lipinski definition) is 0. The quantitative estimate of drug-likeness (QED) is 0.608. The molecule has 0 saturated heterocycles. The monoisotopic (exact) mass is 212 g/mol. The number of aryl methyl sites for hydroxylation is 1. The van der Waals surface area contributed by atoms with Gasteiger partial charge in [0.15, 0.2) is 0 Å². The molecule has 2 heteroatoms. The zero-order valence-electron chi connectivity index (χ0n) is 9.21. The van der Waals surface area contributed by atoms with E-state index in [0.717, 1.165) is 12.4 Å². The van der Waals surface area contributed by atoms with Gasteiger partial charge in [-0.25, -0.2) is 0 Å². The minimum atomic E-state index is 0.876. The summed E-state index contributed by atoms with van der Waals surface area (Å²) in [5, 5.41) is 4.22. The molecule has 0 bridgehead atoms. The minimum absolute atomic E-state index is 0.876. The molecule has 0 fully saturated rings. The lowest BCUT2D eigenvalue weighted by Crippen LogP contribution is -1.97. The van der Waals surface area contributed by atoms with Gasteiger partial charge in [-0.1, -0.05) is 32.6 Å². The Bertz CT molecular complexity index is 242. The molecular formula is C12H20OS. The predicted octanol–water partition coefficient (Wildman–Crippen LogP) is 4.41. The lowest BCUT2D eigenvalue weighted by atomic mass is 10.2. The van der Waals surface area contributed by atoms with Crippen molar-refractivity contribution in [1.29, 1.82) is 0 Å². The van der Waals surface area contributed by atoms with Gasteiger partial charge in [0.2, 0.25) is 0 Å². The fraction of sp³-hybridized carbons (Fsp3) is 0.667. The second kappa shape index (κ2) is 6.88. The Balaban J connectivity index is 2.02. The Morgan fingerprint density at radius 2 is 1.93 bits per heavy atom. The Morgan fingerprint density at radius 3 is 2.57 bits per heavy atom. The van der Waals surface area contributed by atoms with E-state index in [1.54, 1.807) is 11.3 Å². The van der Waals surface area contributed by atoms with Gasteiger partial charge in [-0.15, -0.1) is 11.3 Å². The van der Waals surface area contributed by atoms with Gasteiger partial charge in [-0.05, 0) is 18.7 Å². The number of rotatable bonds is 7. The molecule has 80 valence electrons. The summed E-state index contributed by atoms with van der Waals surface area (Å²) < 4.78 is 5.67. The van der Waals surface area contributed by atoms with Gasteiger partial charge in [0.05, 0.1) is 6.61 Å². The van der Waals surface area contributed by atoms with Crippen LogP contribution < -0.4 is 4.74 Å². The van der Waals surface area contributed by atoms with Gasteiger partial charge in [-0.3, -0.25) is 0 Å². The first-order valence-electron chi connectivity index (χ1n) is 5.50. The van der Waals surface area contributed by atoms with Crippen molar-refractivity contribution >= 4 is 11.3 Å². The largest absolute Gasteiger partial charge is 0.492 e. The normalized spacial score (nSPS) is 10.4. The van der Waals surface area contributed by atoms with Gasteiger partial charge in [-0.2, -0.15) is 0 Å². The van der Waals surface area contributed by atoms with E-state index in [0.29, 0.717) is 0 Å². The van der Waals surface area contributed by atoms with Gasteiger partial charge < -0.3 is 4.74 Å². The Labute approximate surface area is 91.1 Å². The van der Waals surface area contributed by atoms with Crippen LogP contribution in [0.25, 0.3) is 0 Å². The van der Waals surface area contributed by atoms with Crippen LogP contribution in [-0.2, 0) is 0 Å². The van der Waals surface area contributed by atoms with Crippen molar-refractivity contribution in [3.05, 3.63) is 16.3 Å². The van der Waals surface area contributed by atoms with Crippen molar-refractivity contribution < 1.29 is 4.74 Å². The molecule has 0 aliphatic heterocycles. The van der Waals surface area contributed by atoms with Crippen molar-refractivity contribution in [3.63, 3.8) is 0 Å². The molecule has 0 aliphatic rings. The van der Waals surface area contributed by atoms with E-state index in [1.165, 1.54) is 37.7 Å². The SMILES string of the molecule is CCCCCCCOc1cscc1C. The number of unbranched alkanes of at least 4 members (excludes halogenated alkanes) is 4. The van der Waals surface area contributed by atoms with E-state index < -0.39 is 0 Å². The molecular weight excluding hydrogens is 192 g/mol. The maximum atomic E-state index is 5.67. The number of hydrogen-bond acceptors (Lipinski definition) is 2. The zero-order chi connectivity index (χ0) is 10.2. The fourth-order valence-corrected chi connectivity index (χ4v) is 2.15. The minimum Gasteiger partial charge on any atom is -0.492 e. The highest BCUT2D eigenvalue weighted by Crippen LogP contribution is 2.22. The van der Waals surface area contributed by atoms with Crippen LogP contribution in [-0.4, -0.2) is 6.61 Å². The third-order valence-corrected chi connectivity index (χ3v) is 3.15. The molecule has 0 aromatic carbocycles. The highest BCUT2D eigenvalue weighted by atomic mass is 32.1. The average Bonchev–Trinajstić information content (AvgIpc) is 2.58. The van der Waals surface area contributed by atoms with E-state index >= 15 is 0 Å². The summed E-state index contributed by atoms with van der Waals surface area (Å²) in [6, 6.07) is 0. The summed E-state index contributed by atoms with van der Waals surface area (Å²) in [6.45, 7) is 5.22. The second-order valence-electron chi connectivity index (χ2n) is 3.68. The molecule has 0 radical (unpaired) electrons. The summed E-state index contributed by atoms with van der Waals surface area (Å²) in [5.74, 6) is 1.07. The van der Waals surface area contributed by atoms with E-state index in [-0.39, 0.29) is 0 Å². The van der Waals surface area contributed by atoms with Crippen LogP contribution in [0, 0.1) is 6.92 Å². The van der Waals surface area contributed by atoms with Crippen molar-refractivity contribution in [2.24, 2.45) is 0 Å². The van der Waals surface area contributed by atoms with Crippen LogP contribution in [0.4, 0.5) is 0 Å². The first kappa shape index (κ1) is 11.6. The highest BCUT2D eigenvalue weighted by molar-refractivity contribution is 7.08. The van der Waals surface area contributed by atoms with E-state index in [1.807, 2.05) is 0 Å². The fourth-order valence-electron chi connectivity index (χ4n) is 1.38. The lowest BCUT2D eigenvalue weighted by molar-refractivity contribution is 0.304. The van der Waals surface area contributed by atoms with Crippen molar-refractivity contribution in [2.45, 2.75) is 46.0 Å². The van der Waals surface area contributed by atoms with Crippen LogP contribution in [0.15, 0.2) is 10.8 Å². The summed E-state index contributed by atoms with van der Waals surface area (Å²) in [7, 11) is 0. The van der Waals surface area contributed by atoms with Crippen molar-refractivity contribution in [3.8, 4) is 5.75 Å². The van der Waals surface area contributed by atoms with Crippen LogP contribution >= 0.6 is 11.3 Å². The Kier molecular flexibility index (Phi) is 5.69. The van der Waals surface area contributed by atoms with E-state index in [2.05, 4.69) is 24.6 Å². The third-order valence-electron chi connectivity index (χ3n) is 2.31. The lowest BCUT2D eigenvalue weighted by Gasteiger charge is -2.04. The van der Waals surface area contributed by atoms with Crippen molar-refractivity contribution in [2.75, 3.05) is 6.61 Å². The van der Waals surface area contributed by atoms with Crippen LogP contribution in [0.2, 0.25) is 0 Å². The molecule has 1 aromatic heterocycles. The summed E-state index contributed by atoms with van der Waals surface area (Å²) >= 11 is 1.71.